The number of hydrogen-bond acceptors (Lipinski definition) is 6. The van der Waals surface area contributed by atoms with E-state index in [4.69, 9.17) is 4.74 Å². The van der Waals surface area contributed by atoms with E-state index in [0.717, 1.165) is 16.5 Å². The lowest BCUT2D eigenvalue weighted by Crippen LogP contribution is -2.42. The van der Waals surface area contributed by atoms with Crippen molar-refractivity contribution in [2.75, 3.05) is 11.5 Å². The molecular weight excluding hydrogens is 506 g/mol. The molecule has 3 fully saturated rings. The van der Waals surface area contributed by atoms with Crippen molar-refractivity contribution in [2.24, 2.45) is 11.8 Å². The third-order valence-electron chi connectivity index (χ3n) is 9.38. The molecule has 8 nitrogen and oxygen atoms in total. The Hall–Kier alpha value is -4.19. The number of rotatable bonds is 6. The zero-order valence-electron chi connectivity index (χ0n) is 22.1. The van der Waals surface area contributed by atoms with Gasteiger partial charge in [-0.3, -0.25) is 9.59 Å². The number of nitrogens with zero attached hydrogens (tertiary/aromatic N) is 3. The van der Waals surface area contributed by atoms with E-state index in [-0.39, 0.29) is 24.2 Å². The predicted molar refractivity (Wildman–Crippen MR) is 149 cm³/mol. The van der Waals surface area contributed by atoms with Crippen molar-refractivity contribution in [1.29, 1.82) is 5.26 Å². The first kappa shape index (κ1) is 24.8. The molecule has 40 heavy (non-hydrogen) atoms. The topological polar surface area (TPSA) is 116 Å². The Morgan fingerprint density at radius 3 is 2.58 bits per heavy atom. The minimum Gasteiger partial charge on any atom is -0.508 e. The number of aromatic hydroxyl groups is 1. The van der Waals surface area contributed by atoms with Crippen LogP contribution < -0.4 is 4.90 Å². The van der Waals surface area contributed by atoms with Crippen LogP contribution in [0.15, 0.2) is 60.8 Å². The molecular formula is C32H29N3O5. The van der Waals surface area contributed by atoms with Crippen molar-refractivity contribution in [2.45, 2.75) is 50.4 Å². The number of phenolic OH excluding ortho intramolecular Hbond substituents is 1. The molecule has 2 N–H and O–H groups in total. The molecule has 0 saturated carbocycles. The minimum atomic E-state index is -0.770. The van der Waals surface area contributed by atoms with Gasteiger partial charge >= 0.3 is 0 Å². The third-order valence-corrected chi connectivity index (χ3v) is 9.38. The Kier molecular flexibility index (Phi) is 5.37. The number of fused-ring (bicyclic) bond motifs is 7. The molecule has 0 radical (unpaired) electrons. The number of phenols is 1. The van der Waals surface area contributed by atoms with Gasteiger partial charge in [0.15, 0.2) is 0 Å². The minimum absolute atomic E-state index is 0.000400. The van der Waals surface area contributed by atoms with Crippen LogP contribution in [0.3, 0.4) is 0 Å². The van der Waals surface area contributed by atoms with Crippen molar-refractivity contribution in [3.63, 3.8) is 0 Å². The van der Waals surface area contributed by atoms with Crippen LogP contribution in [0.2, 0.25) is 0 Å². The number of carbonyl (C=O) groups excluding carboxylic acids is 2. The van der Waals surface area contributed by atoms with E-state index >= 15 is 0 Å². The molecule has 3 saturated heterocycles. The van der Waals surface area contributed by atoms with Crippen LogP contribution in [-0.2, 0) is 27.3 Å². The van der Waals surface area contributed by atoms with Gasteiger partial charge < -0.3 is 19.5 Å². The molecule has 4 unspecified atom stereocenters. The monoisotopic (exact) mass is 535 g/mol. The van der Waals surface area contributed by atoms with Gasteiger partial charge in [0.05, 0.1) is 40.4 Å². The fourth-order valence-electron chi connectivity index (χ4n) is 7.60. The number of imide groups is 1. The van der Waals surface area contributed by atoms with Crippen molar-refractivity contribution >= 4 is 39.2 Å². The van der Waals surface area contributed by atoms with Crippen molar-refractivity contribution < 1.29 is 24.5 Å². The quantitative estimate of drug-likeness (QED) is 0.353. The molecule has 3 aromatic carbocycles. The van der Waals surface area contributed by atoms with E-state index in [0.29, 0.717) is 54.3 Å². The zero-order valence-corrected chi connectivity index (χ0v) is 22.1. The van der Waals surface area contributed by atoms with Gasteiger partial charge in [0.2, 0.25) is 11.8 Å². The second-order valence-electron chi connectivity index (χ2n) is 11.5. The number of aliphatic hydroxyl groups excluding tert-OH is 1. The molecule has 202 valence electrons. The zero-order chi connectivity index (χ0) is 27.8. The van der Waals surface area contributed by atoms with Crippen LogP contribution in [0.5, 0.6) is 5.75 Å². The lowest BCUT2D eigenvalue weighted by molar-refractivity contribution is -0.130. The predicted octanol–water partition coefficient (Wildman–Crippen LogP) is 4.42. The standard InChI is InChI=1S/C32H29N3O5/c1-31-11-12-32(40-31,13-14-34-18-20(10-15-36)24-16-21(37)7-9-25(24)34)28-27(31)29(38)35(30(28)39)26-8-6-19(17-33)22-4-2-3-5-23(22)26/h2-9,16,18,27-28,36-37H,10-15H2,1H3. The fourth-order valence-corrected chi connectivity index (χ4v) is 7.60. The van der Waals surface area contributed by atoms with Crippen LogP contribution in [-0.4, -0.2) is 44.4 Å². The molecule has 7 rings (SSSR count). The average Bonchev–Trinajstić information content (AvgIpc) is 3.64. The van der Waals surface area contributed by atoms with Gasteiger partial charge in [-0.25, -0.2) is 4.90 Å². The van der Waals surface area contributed by atoms with Crippen LogP contribution in [0, 0.1) is 23.2 Å². The molecule has 0 spiro atoms. The number of aliphatic hydroxyl groups is 1. The first-order chi connectivity index (χ1) is 19.3. The molecule has 3 aliphatic heterocycles. The summed E-state index contributed by atoms with van der Waals surface area (Å²) in [5.74, 6) is -1.46. The maximum Gasteiger partial charge on any atom is 0.240 e. The van der Waals surface area contributed by atoms with Gasteiger partial charge in [0.1, 0.15) is 5.75 Å². The Bertz CT molecular complexity index is 1770. The van der Waals surface area contributed by atoms with Gasteiger partial charge in [-0.05, 0) is 68.5 Å². The second-order valence-corrected chi connectivity index (χ2v) is 11.5. The number of carbonyl (C=O) groups is 2. The average molecular weight is 536 g/mol. The SMILES string of the molecule is CC12CCC(CCn3cc(CCO)c4cc(O)ccc43)(O1)C1C(=O)N(c3ccc(C#N)c4ccccc34)C(=O)C12. The highest BCUT2D eigenvalue weighted by atomic mass is 16.5. The summed E-state index contributed by atoms with van der Waals surface area (Å²) >= 11 is 0. The highest BCUT2D eigenvalue weighted by Crippen LogP contribution is 2.62. The van der Waals surface area contributed by atoms with Gasteiger partial charge in [0, 0.05) is 41.0 Å². The number of amides is 2. The second kappa shape index (κ2) is 8.65. The van der Waals surface area contributed by atoms with E-state index in [1.807, 2.05) is 43.5 Å². The van der Waals surface area contributed by atoms with Gasteiger partial charge in [0.25, 0.3) is 0 Å². The number of ether oxygens (including phenoxy) is 1. The Morgan fingerprint density at radius 1 is 1.02 bits per heavy atom. The number of hydrogen-bond donors (Lipinski definition) is 2. The number of benzene rings is 3. The summed E-state index contributed by atoms with van der Waals surface area (Å²) in [4.78, 5) is 29.5. The molecule has 1 aromatic heterocycles. The largest absolute Gasteiger partial charge is 0.508 e. The van der Waals surface area contributed by atoms with E-state index in [1.165, 1.54) is 4.90 Å². The molecule has 8 heteroatoms. The highest BCUT2D eigenvalue weighted by Gasteiger charge is 2.73. The number of aromatic nitrogens is 1. The fraction of sp³-hybridized carbons (Fsp3) is 0.344. The smallest absolute Gasteiger partial charge is 0.240 e. The molecule has 4 heterocycles. The van der Waals surface area contributed by atoms with Gasteiger partial charge in [-0.1, -0.05) is 24.3 Å². The van der Waals surface area contributed by atoms with Gasteiger partial charge in [-0.2, -0.15) is 5.26 Å². The third kappa shape index (κ3) is 3.31. The summed E-state index contributed by atoms with van der Waals surface area (Å²) in [5.41, 5.74) is 1.40. The molecule has 4 aromatic rings. The summed E-state index contributed by atoms with van der Waals surface area (Å²) < 4.78 is 8.76. The molecule has 2 bridgehead atoms. The first-order valence-corrected chi connectivity index (χ1v) is 13.7. The van der Waals surface area contributed by atoms with Crippen LogP contribution >= 0.6 is 0 Å². The summed E-state index contributed by atoms with van der Waals surface area (Å²) in [5, 5.41) is 31.5. The van der Waals surface area contributed by atoms with Crippen LogP contribution in [0.1, 0.15) is 37.3 Å². The van der Waals surface area contributed by atoms with E-state index in [9.17, 15) is 25.1 Å². The molecule has 2 amide bonds. The summed E-state index contributed by atoms with van der Waals surface area (Å²) in [6.45, 7) is 2.52. The summed E-state index contributed by atoms with van der Waals surface area (Å²) in [7, 11) is 0. The van der Waals surface area contributed by atoms with Crippen LogP contribution in [0.4, 0.5) is 5.69 Å². The normalized spacial score (nSPS) is 27.2. The summed E-state index contributed by atoms with van der Waals surface area (Å²) in [6.07, 6.45) is 4.40. The molecule has 3 aliphatic rings. The lowest BCUT2D eigenvalue weighted by Gasteiger charge is -2.31. The van der Waals surface area contributed by atoms with E-state index < -0.39 is 23.0 Å². The van der Waals surface area contributed by atoms with Crippen molar-refractivity contribution in [3.05, 3.63) is 71.9 Å². The number of aryl methyl sites for hydroxylation is 1. The molecule has 4 atom stereocenters. The van der Waals surface area contributed by atoms with Crippen molar-refractivity contribution in [1.82, 2.24) is 4.57 Å². The van der Waals surface area contributed by atoms with Crippen LogP contribution in [0.25, 0.3) is 21.7 Å². The van der Waals surface area contributed by atoms with Crippen molar-refractivity contribution in [3.8, 4) is 11.8 Å². The Balaban J connectivity index is 1.26. The van der Waals surface area contributed by atoms with E-state index in [1.54, 1.807) is 24.3 Å². The Morgan fingerprint density at radius 2 is 1.80 bits per heavy atom. The van der Waals surface area contributed by atoms with E-state index in [2.05, 4.69) is 10.6 Å². The lowest BCUT2D eigenvalue weighted by atomic mass is 9.67. The van der Waals surface area contributed by atoms with Gasteiger partial charge in [-0.15, -0.1) is 0 Å². The number of anilines is 1. The first-order valence-electron chi connectivity index (χ1n) is 13.7. The molecule has 0 aliphatic carbocycles. The maximum absolute atomic E-state index is 14.2. The number of nitriles is 1. The maximum atomic E-state index is 14.2. The summed E-state index contributed by atoms with van der Waals surface area (Å²) in [6, 6.07) is 18.2. The highest BCUT2D eigenvalue weighted by molar-refractivity contribution is 6.26. The Labute approximate surface area is 231 Å².